The van der Waals surface area contributed by atoms with E-state index in [1.807, 2.05) is 35.7 Å². The lowest BCUT2D eigenvalue weighted by Crippen LogP contribution is -2.38. The summed E-state index contributed by atoms with van der Waals surface area (Å²) in [7, 11) is 0. The van der Waals surface area contributed by atoms with Crippen molar-refractivity contribution in [3.05, 3.63) is 71.5 Å². The molecule has 26 heavy (non-hydrogen) atoms. The lowest BCUT2D eigenvalue weighted by molar-refractivity contribution is -0.121. The molecule has 0 saturated heterocycles. The van der Waals surface area contributed by atoms with Crippen LogP contribution in [-0.2, 0) is 10.2 Å². The number of hydrogen-bond donors (Lipinski definition) is 1. The Hall–Kier alpha value is -2.53. The van der Waals surface area contributed by atoms with Crippen LogP contribution in [0.15, 0.2) is 60.1 Å². The topological polar surface area (TPSA) is 42.0 Å². The normalized spacial score (nSPS) is 15.7. The molecule has 1 saturated carbocycles. The lowest BCUT2D eigenvalue weighted by atomic mass is 9.78. The first-order valence-corrected chi connectivity index (χ1v) is 9.63. The molecule has 0 bridgehead atoms. The van der Waals surface area contributed by atoms with Gasteiger partial charge in [0.25, 0.3) is 0 Å². The van der Waals surface area contributed by atoms with Gasteiger partial charge in [-0.1, -0.05) is 37.1 Å². The van der Waals surface area contributed by atoms with E-state index in [9.17, 15) is 9.18 Å². The van der Waals surface area contributed by atoms with Crippen LogP contribution < -0.4 is 5.32 Å². The van der Waals surface area contributed by atoms with E-state index in [-0.39, 0.29) is 11.7 Å². The van der Waals surface area contributed by atoms with Crippen molar-refractivity contribution in [2.45, 2.75) is 31.1 Å². The number of amides is 1. The van der Waals surface area contributed by atoms with Crippen molar-refractivity contribution in [1.82, 2.24) is 4.98 Å². The highest BCUT2D eigenvalue weighted by atomic mass is 32.1. The van der Waals surface area contributed by atoms with Crippen LogP contribution in [0, 0.1) is 5.82 Å². The summed E-state index contributed by atoms with van der Waals surface area (Å²) in [6.45, 7) is 0. The first kappa shape index (κ1) is 16.9. The molecule has 4 rings (SSSR count). The van der Waals surface area contributed by atoms with Crippen molar-refractivity contribution in [3.8, 4) is 10.6 Å². The second-order valence-electron chi connectivity index (χ2n) is 6.67. The molecule has 1 aliphatic rings. The maximum Gasteiger partial charge on any atom is 0.235 e. The number of thiazole rings is 1. The molecule has 2 aromatic carbocycles. The van der Waals surface area contributed by atoms with Crippen molar-refractivity contribution in [2.24, 2.45) is 0 Å². The Kier molecular flexibility index (Phi) is 4.55. The second kappa shape index (κ2) is 7.00. The molecule has 1 fully saturated rings. The van der Waals surface area contributed by atoms with Gasteiger partial charge >= 0.3 is 0 Å². The molecule has 5 heteroatoms. The van der Waals surface area contributed by atoms with Crippen LogP contribution in [0.25, 0.3) is 10.6 Å². The highest BCUT2D eigenvalue weighted by Crippen LogP contribution is 2.42. The number of nitrogens with zero attached hydrogens (tertiary/aromatic N) is 1. The Labute approximate surface area is 155 Å². The highest BCUT2D eigenvalue weighted by Gasteiger charge is 2.42. The minimum absolute atomic E-state index is 0.0584. The number of carbonyl (C=O) groups is 1. The molecular weight excluding hydrogens is 347 g/mol. The molecule has 3 aromatic rings. The van der Waals surface area contributed by atoms with Gasteiger partial charge in [0.05, 0.1) is 5.41 Å². The summed E-state index contributed by atoms with van der Waals surface area (Å²) in [6.07, 6.45) is 5.21. The first-order valence-electron chi connectivity index (χ1n) is 8.75. The molecule has 0 atom stereocenters. The van der Waals surface area contributed by atoms with Gasteiger partial charge in [-0.05, 0) is 42.7 Å². The second-order valence-corrected chi connectivity index (χ2v) is 7.57. The van der Waals surface area contributed by atoms with Crippen LogP contribution in [0.2, 0.25) is 0 Å². The zero-order valence-corrected chi connectivity index (χ0v) is 15.1. The monoisotopic (exact) mass is 366 g/mol. The molecule has 0 unspecified atom stereocenters. The Morgan fingerprint density at radius 2 is 1.92 bits per heavy atom. The van der Waals surface area contributed by atoms with E-state index in [0.29, 0.717) is 0 Å². The maximum atomic E-state index is 13.8. The van der Waals surface area contributed by atoms with Crippen LogP contribution in [0.4, 0.5) is 10.1 Å². The molecule has 3 nitrogen and oxygen atoms in total. The van der Waals surface area contributed by atoms with Gasteiger partial charge in [0.15, 0.2) is 0 Å². The molecular formula is C21H19FN2OS. The molecule has 0 radical (unpaired) electrons. The largest absolute Gasteiger partial charge is 0.325 e. The average molecular weight is 366 g/mol. The number of nitrogens with one attached hydrogen (secondary N) is 1. The van der Waals surface area contributed by atoms with Gasteiger partial charge in [-0.3, -0.25) is 4.79 Å². The average Bonchev–Trinajstić information content (AvgIpc) is 3.35. The molecule has 1 heterocycles. The summed E-state index contributed by atoms with van der Waals surface area (Å²) in [5, 5.41) is 5.91. The minimum atomic E-state index is -0.653. The van der Waals surface area contributed by atoms with Crippen molar-refractivity contribution in [1.29, 1.82) is 0 Å². The van der Waals surface area contributed by atoms with Gasteiger partial charge in [0, 0.05) is 22.8 Å². The number of hydrogen-bond acceptors (Lipinski definition) is 3. The van der Waals surface area contributed by atoms with Gasteiger partial charge in [0.2, 0.25) is 5.91 Å². The third-order valence-corrected chi connectivity index (χ3v) is 5.89. The summed E-state index contributed by atoms with van der Waals surface area (Å²) >= 11 is 1.56. The van der Waals surface area contributed by atoms with Crippen molar-refractivity contribution < 1.29 is 9.18 Å². The molecule has 1 aliphatic carbocycles. The third-order valence-electron chi connectivity index (χ3n) is 5.07. The Morgan fingerprint density at radius 3 is 2.65 bits per heavy atom. The van der Waals surface area contributed by atoms with Gasteiger partial charge in [0.1, 0.15) is 10.8 Å². The van der Waals surface area contributed by atoms with Crippen LogP contribution in [-0.4, -0.2) is 10.9 Å². The van der Waals surface area contributed by atoms with Gasteiger partial charge < -0.3 is 5.32 Å². The van der Waals surface area contributed by atoms with Gasteiger partial charge in [-0.25, -0.2) is 9.37 Å². The zero-order valence-electron chi connectivity index (χ0n) is 14.2. The first-order chi connectivity index (χ1) is 12.7. The molecule has 0 aliphatic heterocycles. The van der Waals surface area contributed by atoms with Crippen molar-refractivity contribution in [3.63, 3.8) is 0 Å². The van der Waals surface area contributed by atoms with E-state index in [2.05, 4.69) is 10.3 Å². The van der Waals surface area contributed by atoms with E-state index >= 15 is 0 Å². The SMILES string of the molecule is O=C(Nc1cccc(-c2nccs2)c1)C1(c2cccc(F)c2)CCCC1. The van der Waals surface area contributed by atoms with E-state index in [1.165, 1.54) is 12.1 Å². The van der Waals surface area contributed by atoms with Gasteiger partial charge in [-0.15, -0.1) is 11.3 Å². The number of benzene rings is 2. The van der Waals surface area contributed by atoms with Crippen LogP contribution in [0.5, 0.6) is 0 Å². The fourth-order valence-corrected chi connectivity index (χ4v) is 4.39. The third kappa shape index (κ3) is 3.15. The highest BCUT2D eigenvalue weighted by molar-refractivity contribution is 7.13. The van der Waals surface area contributed by atoms with Gasteiger partial charge in [-0.2, -0.15) is 0 Å². The quantitative estimate of drug-likeness (QED) is 0.672. The van der Waals surface area contributed by atoms with Crippen molar-refractivity contribution in [2.75, 3.05) is 5.32 Å². The summed E-state index contributed by atoms with van der Waals surface area (Å²) in [5.41, 5.74) is 1.83. The number of carbonyl (C=O) groups excluding carboxylic acids is 1. The summed E-state index contributed by atoms with van der Waals surface area (Å²) < 4.78 is 13.8. The van der Waals surface area contributed by atoms with Crippen LogP contribution in [0.1, 0.15) is 31.2 Å². The van der Waals surface area contributed by atoms with E-state index < -0.39 is 5.41 Å². The Balaban J connectivity index is 1.63. The molecule has 1 amide bonds. The van der Waals surface area contributed by atoms with E-state index in [0.717, 1.165) is 47.5 Å². The number of aromatic nitrogens is 1. The van der Waals surface area contributed by atoms with E-state index in [4.69, 9.17) is 0 Å². The fourth-order valence-electron chi connectivity index (χ4n) is 3.76. The summed E-state index contributed by atoms with van der Waals surface area (Å²) in [6, 6.07) is 14.2. The number of halogens is 1. The van der Waals surface area contributed by atoms with E-state index in [1.54, 1.807) is 23.6 Å². The lowest BCUT2D eigenvalue weighted by Gasteiger charge is -2.28. The Bertz CT molecular complexity index is 917. The summed E-state index contributed by atoms with van der Waals surface area (Å²) in [5.74, 6) is -0.357. The van der Waals surface area contributed by atoms with Crippen LogP contribution in [0.3, 0.4) is 0 Å². The molecule has 132 valence electrons. The maximum absolute atomic E-state index is 13.8. The van der Waals surface area contributed by atoms with Crippen LogP contribution >= 0.6 is 11.3 Å². The van der Waals surface area contributed by atoms with Crippen molar-refractivity contribution >= 4 is 22.9 Å². The summed E-state index contributed by atoms with van der Waals surface area (Å²) in [4.78, 5) is 17.5. The zero-order chi connectivity index (χ0) is 18.0. The smallest absolute Gasteiger partial charge is 0.235 e. The number of rotatable bonds is 4. The minimum Gasteiger partial charge on any atom is -0.325 e. The molecule has 1 aromatic heterocycles. The standard InChI is InChI=1S/C21H19FN2OS/c22-17-7-4-6-16(14-17)21(9-1-2-10-21)20(25)24-18-8-3-5-15(13-18)19-23-11-12-26-19/h3-8,11-14H,1-2,9-10H2,(H,24,25). The predicted molar refractivity (Wildman–Crippen MR) is 103 cm³/mol. The molecule has 1 N–H and O–H groups in total. The number of anilines is 1. The fraction of sp³-hybridized carbons (Fsp3) is 0.238. The Morgan fingerprint density at radius 1 is 1.12 bits per heavy atom. The predicted octanol–water partition coefficient (Wildman–Crippen LogP) is 5.40. The molecule has 0 spiro atoms.